The zero-order valence-electron chi connectivity index (χ0n) is 9.18. The van der Waals surface area contributed by atoms with E-state index >= 15 is 0 Å². The van der Waals surface area contributed by atoms with Crippen LogP contribution in [0.2, 0.25) is 0 Å². The van der Waals surface area contributed by atoms with Crippen molar-refractivity contribution in [3.63, 3.8) is 0 Å². The summed E-state index contributed by atoms with van der Waals surface area (Å²) in [5, 5.41) is 2.03. The second-order valence-electron chi connectivity index (χ2n) is 3.36. The third kappa shape index (κ3) is 1.75. The molecule has 0 fully saturated rings. The van der Waals surface area contributed by atoms with E-state index in [0.717, 1.165) is 10.9 Å². The molecule has 2 rings (SSSR count). The van der Waals surface area contributed by atoms with Crippen LogP contribution < -0.4 is 0 Å². The van der Waals surface area contributed by atoms with Crippen LogP contribution in [0.25, 0.3) is 10.9 Å². The number of hydrogen-bond donors (Lipinski definition) is 0. The topological polar surface area (TPSA) is 42.4 Å². The van der Waals surface area contributed by atoms with Gasteiger partial charge in [0.1, 0.15) is 0 Å². The van der Waals surface area contributed by atoms with E-state index in [2.05, 4.69) is 4.98 Å². The minimum absolute atomic E-state index is 0.180. The van der Waals surface area contributed by atoms with Crippen molar-refractivity contribution in [3.8, 4) is 0 Å². The number of benzene rings is 1. The molecule has 0 bridgehead atoms. The average Bonchev–Trinajstić information content (AvgIpc) is 2.36. The summed E-state index contributed by atoms with van der Waals surface area (Å²) < 4.78 is 0. The van der Waals surface area contributed by atoms with E-state index in [1.165, 1.54) is 12.2 Å². The van der Waals surface area contributed by atoms with E-state index in [9.17, 15) is 4.79 Å². The Morgan fingerprint density at radius 2 is 2.12 bits per heavy atom. The molecule has 4 heteroatoms. The lowest BCUT2D eigenvalue weighted by Crippen LogP contribution is -2.25. The van der Waals surface area contributed by atoms with Gasteiger partial charge in [-0.3, -0.25) is 14.6 Å². The van der Waals surface area contributed by atoms with Crippen LogP contribution in [-0.2, 0) is 4.84 Å². The maximum atomic E-state index is 12.0. The highest BCUT2D eigenvalue weighted by atomic mass is 16.7. The number of carbonyl (C=O) groups excluding carboxylic acids is 1. The summed E-state index contributed by atoms with van der Waals surface area (Å²) in [4.78, 5) is 21.0. The highest BCUT2D eigenvalue weighted by Crippen LogP contribution is 2.17. The minimum Gasteiger partial charge on any atom is -0.274 e. The Kier molecular flexibility index (Phi) is 2.83. The Bertz CT molecular complexity index is 520. The van der Waals surface area contributed by atoms with Crippen LogP contribution in [0.15, 0.2) is 36.5 Å². The van der Waals surface area contributed by atoms with Crippen molar-refractivity contribution in [1.82, 2.24) is 10.0 Å². The smallest absolute Gasteiger partial charge is 0.274 e. The Balaban J connectivity index is 2.56. The molecule has 0 spiro atoms. The molecule has 0 aliphatic heterocycles. The molecule has 1 aromatic carbocycles. The number of nitrogens with zero attached hydrogens (tertiary/aromatic N) is 2. The molecule has 0 N–H and O–H groups in total. The van der Waals surface area contributed by atoms with Gasteiger partial charge in [-0.1, -0.05) is 12.1 Å². The van der Waals surface area contributed by atoms with Crippen LogP contribution in [0, 0.1) is 0 Å². The predicted octanol–water partition coefficient (Wildman–Crippen LogP) is 1.87. The summed E-state index contributed by atoms with van der Waals surface area (Å²) >= 11 is 0. The summed E-state index contributed by atoms with van der Waals surface area (Å²) in [6, 6.07) is 9.14. The number of aromatic nitrogens is 1. The maximum absolute atomic E-state index is 12.0. The van der Waals surface area contributed by atoms with Gasteiger partial charge in [-0.15, -0.1) is 0 Å². The van der Waals surface area contributed by atoms with E-state index < -0.39 is 0 Å². The van der Waals surface area contributed by atoms with Gasteiger partial charge >= 0.3 is 0 Å². The molecule has 4 nitrogen and oxygen atoms in total. The lowest BCUT2D eigenvalue weighted by Gasteiger charge is -2.14. The van der Waals surface area contributed by atoms with Crippen molar-refractivity contribution >= 4 is 16.8 Å². The molecule has 2 aromatic rings. The monoisotopic (exact) mass is 216 g/mol. The largest absolute Gasteiger partial charge is 0.277 e. The maximum Gasteiger partial charge on any atom is 0.277 e. The summed E-state index contributed by atoms with van der Waals surface area (Å²) in [5.41, 5.74) is 1.40. The fourth-order valence-corrected chi connectivity index (χ4v) is 1.54. The molecule has 0 aliphatic rings. The van der Waals surface area contributed by atoms with Gasteiger partial charge < -0.3 is 0 Å². The number of rotatable bonds is 2. The van der Waals surface area contributed by atoms with Gasteiger partial charge in [0.25, 0.3) is 5.91 Å². The third-order valence-electron chi connectivity index (χ3n) is 2.44. The standard InChI is InChI=1S/C12H12N2O2/c1-14(16-2)12(15)10-5-3-7-11-9(10)6-4-8-13-11/h3-8H,1-2H3. The van der Waals surface area contributed by atoms with Crippen LogP contribution in [0.3, 0.4) is 0 Å². The molecule has 16 heavy (non-hydrogen) atoms. The molecule has 0 atom stereocenters. The quantitative estimate of drug-likeness (QED) is 0.720. The number of pyridine rings is 1. The fraction of sp³-hybridized carbons (Fsp3) is 0.167. The van der Waals surface area contributed by atoms with Crippen molar-refractivity contribution in [2.24, 2.45) is 0 Å². The van der Waals surface area contributed by atoms with Gasteiger partial charge in [-0.25, -0.2) is 5.06 Å². The number of amides is 1. The van der Waals surface area contributed by atoms with Crippen molar-refractivity contribution in [1.29, 1.82) is 0 Å². The Morgan fingerprint density at radius 3 is 2.88 bits per heavy atom. The second-order valence-corrected chi connectivity index (χ2v) is 3.36. The molecule has 0 unspecified atom stereocenters. The van der Waals surface area contributed by atoms with Crippen LogP contribution in [-0.4, -0.2) is 30.1 Å². The normalized spacial score (nSPS) is 10.4. The number of fused-ring (bicyclic) bond motifs is 1. The summed E-state index contributed by atoms with van der Waals surface area (Å²) in [6.45, 7) is 0. The van der Waals surface area contributed by atoms with Crippen LogP contribution >= 0.6 is 0 Å². The molecule has 0 aliphatic carbocycles. The fourth-order valence-electron chi connectivity index (χ4n) is 1.54. The van der Waals surface area contributed by atoms with E-state index in [0.29, 0.717) is 5.56 Å². The van der Waals surface area contributed by atoms with Gasteiger partial charge in [0.15, 0.2) is 0 Å². The van der Waals surface area contributed by atoms with Crippen molar-refractivity contribution in [3.05, 3.63) is 42.1 Å². The van der Waals surface area contributed by atoms with Crippen LogP contribution in [0.5, 0.6) is 0 Å². The van der Waals surface area contributed by atoms with Gasteiger partial charge in [0, 0.05) is 18.6 Å². The number of hydrogen-bond acceptors (Lipinski definition) is 3. The van der Waals surface area contributed by atoms with Gasteiger partial charge in [0.2, 0.25) is 0 Å². The first-order valence-electron chi connectivity index (χ1n) is 4.90. The van der Waals surface area contributed by atoms with Crippen molar-refractivity contribution < 1.29 is 9.63 Å². The zero-order valence-corrected chi connectivity index (χ0v) is 9.18. The SMILES string of the molecule is CON(C)C(=O)c1cccc2ncccc12. The predicted molar refractivity (Wildman–Crippen MR) is 60.8 cm³/mol. The van der Waals surface area contributed by atoms with E-state index in [-0.39, 0.29) is 5.91 Å². The number of hydroxylamine groups is 2. The highest BCUT2D eigenvalue weighted by molar-refractivity contribution is 6.05. The molecule has 0 saturated heterocycles. The summed E-state index contributed by atoms with van der Waals surface area (Å²) in [5.74, 6) is -0.180. The van der Waals surface area contributed by atoms with E-state index in [1.54, 1.807) is 19.3 Å². The average molecular weight is 216 g/mol. The Labute approximate surface area is 93.4 Å². The summed E-state index contributed by atoms with van der Waals surface area (Å²) in [7, 11) is 3.04. The molecule has 82 valence electrons. The molecule has 0 radical (unpaired) electrons. The van der Waals surface area contributed by atoms with Gasteiger partial charge in [-0.2, -0.15) is 0 Å². The second kappa shape index (κ2) is 4.28. The highest BCUT2D eigenvalue weighted by Gasteiger charge is 2.14. The van der Waals surface area contributed by atoms with Crippen molar-refractivity contribution in [2.45, 2.75) is 0 Å². The molecule has 1 heterocycles. The summed E-state index contributed by atoms with van der Waals surface area (Å²) in [6.07, 6.45) is 1.70. The van der Waals surface area contributed by atoms with Crippen LogP contribution in [0.4, 0.5) is 0 Å². The lowest BCUT2D eigenvalue weighted by atomic mass is 10.1. The molecule has 0 saturated carbocycles. The molecule has 1 aromatic heterocycles. The van der Waals surface area contributed by atoms with Gasteiger partial charge in [-0.05, 0) is 18.2 Å². The third-order valence-corrected chi connectivity index (χ3v) is 2.44. The molecular formula is C12H12N2O2. The van der Waals surface area contributed by atoms with Crippen molar-refractivity contribution in [2.75, 3.05) is 14.2 Å². The molecule has 1 amide bonds. The number of carbonyl (C=O) groups is 1. The zero-order chi connectivity index (χ0) is 11.5. The lowest BCUT2D eigenvalue weighted by molar-refractivity contribution is -0.0755. The first-order valence-corrected chi connectivity index (χ1v) is 4.90. The Morgan fingerprint density at radius 1 is 1.31 bits per heavy atom. The van der Waals surface area contributed by atoms with Crippen LogP contribution in [0.1, 0.15) is 10.4 Å². The minimum atomic E-state index is -0.180. The van der Waals surface area contributed by atoms with Gasteiger partial charge in [0.05, 0.1) is 18.2 Å². The Hall–Kier alpha value is -1.94. The van der Waals surface area contributed by atoms with E-state index in [1.807, 2.05) is 24.3 Å². The molecular weight excluding hydrogens is 204 g/mol. The first kappa shape index (κ1) is 10.6. The first-order chi connectivity index (χ1) is 7.74. The van der Waals surface area contributed by atoms with E-state index in [4.69, 9.17) is 4.84 Å².